The molecule has 7 heteroatoms. The second kappa shape index (κ2) is 9.52. The van der Waals surface area contributed by atoms with E-state index in [0.29, 0.717) is 45.0 Å². The van der Waals surface area contributed by atoms with E-state index in [1.807, 2.05) is 6.07 Å². The highest BCUT2D eigenvalue weighted by atomic mass is 32.2. The summed E-state index contributed by atoms with van der Waals surface area (Å²) in [6, 6.07) is 6.33. The molecular weight excluding hydrogens is 319 g/mol. The summed E-state index contributed by atoms with van der Waals surface area (Å²) in [5.41, 5.74) is 0.848. The van der Waals surface area contributed by atoms with Crippen molar-refractivity contribution in [2.45, 2.75) is 6.42 Å². The van der Waals surface area contributed by atoms with E-state index in [4.69, 9.17) is 4.74 Å². The topological polar surface area (TPSA) is 58.6 Å². The largest absolute Gasteiger partial charge is 0.378 e. The molecule has 1 heterocycles. The highest BCUT2D eigenvalue weighted by Gasteiger charge is 2.16. The zero-order chi connectivity index (χ0) is 16.5. The molecule has 1 saturated heterocycles. The zero-order valence-electron chi connectivity index (χ0n) is 12.9. The molecule has 1 fully saturated rings. The molecule has 23 heavy (non-hydrogen) atoms. The summed E-state index contributed by atoms with van der Waals surface area (Å²) in [7, 11) is 0. The van der Waals surface area contributed by atoms with Gasteiger partial charge in [-0.3, -0.25) is 9.59 Å². The van der Waals surface area contributed by atoms with Crippen LogP contribution in [-0.2, 0) is 20.7 Å². The Bertz CT molecular complexity index is 536. The number of benzene rings is 1. The quantitative estimate of drug-likeness (QED) is 0.807. The summed E-state index contributed by atoms with van der Waals surface area (Å²) in [5, 5.41) is 2.78. The van der Waals surface area contributed by atoms with E-state index in [2.05, 4.69) is 5.32 Å². The Morgan fingerprint density at radius 3 is 2.78 bits per heavy atom. The minimum Gasteiger partial charge on any atom is -0.378 e. The summed E-state index contributed by atoms with van der Waals surface area (Å²) >= 11 is 1.31. The van der Waals surface area contributed by atoms with Crippen molar-refractivity contribution in [3.63, 3.8) is 0 Å². The Balaban J connectivity index is 1.57. The smallest absolute Gasteiger partial charge is 0.232 e. The molecule has 1 aromatic rings. The van der Waals surface area contributed by atoms with E-state index in [1.54, 1.807) is 11.0 Å². The standard InChI is InChI=1S/C16H21FN2O3S/c17-14-3-1-2-13(10-14)4-5-18-15(20)11-23-12-16(21)19-6-8-22-9-7-19/h1-3,10H,4-9,11-12H2,(H,18,20). The maximum Gasteiger partial charge on any atom is 0.232 e. The molecule has 2 amide bonds. The number of nitrogens with zero attached hydrogens (tertiary/aromatic N) is 1. The van der Waals surface area contributed by atoms with Crippen LogP contribution in [0.1, 0.15) is 5.56 Å². The number of rotatable bonds is 7. The number of ether oxygens (including phenoxy) is 1. The number of amides is 2. The number of halogens is 1. The predicted molar refractivity (Wildman–Crippen MR) is 87.8 cm³/mol. The van der Waals surface area contributed by atoms with Gasteiger partial charge < -0.3 is 15.0 Å². The van der Waals surface area contributed by atoms with Crippen LogP contribution < -0.4 is 5.32 Å². The molecule has 0 saturated carbocycles. The number of nitrogens with one attached hydrogen (secondary N) is 1. The van der Waals surface area contributed by atoms with Crippen LogP contribution >= 0.6 is 11.8 Å². The van der Waals surface area contributed by atoms with Gasteiger partial charge in [-0.25, -0.2) is 4.39 Å². The first kappa shape index (κ1) is 17.7. The van der Waals surface area contributed by atoms with Gasteiger partial charge in [-0.2, -0.15) is 0 Å². The normalized spacial score (nSPS) is 14.6. The molecular formula is C16H21FN2O3S. The van der Waals surface area contributed by atoms with Gasteiger partial charge in [0.1, 0.15) is 5.82 Å². The number of morpholine rings is 1. The second-order valence-corrected chi connectivity index (χ2v) is 6.20. The van der Waals surface area contributed by atoms with Crippen molar-refractivity contribution in [3.8, 4) is 0 Å². The van der Waals surface area contributed by atoms with Crippen molar-refractivity contribution < 1.29 is 18.7 Å². The molecule has 0 spiro atoms. The number of carbonyl (C=O) groups excluding carboxylic acids is 2. The van der Waals surface area contributed by atoms with Gasteiger partial charge in [-0.15, -0.1) is 11.8 Å². The van der Waals surface area contributed by atoms with Gasteiger partial charge in [0, 0.05) is 19.6 Å². The average molecular weight is 340 g/mol. The molecule has 5 nitrogen and oxygen atoms in total. The summed E-state index contributed by atoms with van der Waals surface area (Å²) < 4.78 is 18.2. The van der Waals surface area contributed by atoms with Crippen LogP contribution in [0.25, 0.3) is 0 Å². The molecule has 126 valence electrons. The summed E-state index contributed by atoms with van der Waals surface area (Å²) in [5.74, 6) is 0.217. The van der Waals surface area contributed by atoms with Gasteiger partial charge in [0.2, 0.25) is 11.8 Å². The lowest BCUT2D eigenvalue weighted by atomic mass is 10.1. The molecule has 1 aromatic carbocycles. The molecule has 0 bridgehead atoms. The molecule has 0 radical (unpaired) electrons. The van der Waals surface area contributed by atoms with Crippen LogP contribution in [0.4, 0.5) is 4.39 Å². The van der Waals surface area contributed by atoms with Crippen molar-refractivity contribution in [2.24, 2.45) is 0 Å². The van der Waals surface area contributed by atoms with Crippen LogP contribution in [0, 0.1) is 5.82 Å². The first-order chi connectivity index (χ1) is 11.1. The Morgan fingerprint density at radius 2 is 2.04 bits per heavy atom. The van der Waals surface area contributed by atoms with Gasteiger partial charge in [0.25, 0.3) is 0 Å². The third kappa shape index (κ3) is 6.58. The minimum atomic E-state index is -0.272. The molecule has 1 N–H and O–H groups in total. The van der Waals surface area contributed by atoms with Crippen LogP contribution in [-0.4, -0.2) is 61.1 Å². The Labute approximate surface area is 139 Å². The summed E-state index contributed by atoms with van der Waals surface area (Å²) in [6.45, 7) is 2.87. The zero-order valence-corrected chi connectivity index (χ0v) is 13.7. The Morgan fingerprint density at radius 1 is 1.26 bits per heavy atom. The molecule has 1 aliphatic rings. The fourth-order valence-corrected chi connectivity index (χ4v) is 2.97. The monoisotopic (exact) mass is 340 g/mol. The number of carbonyl (C=O) groups is 2. The number of hydrogen-bond acceptors (Lipinski definition) is 4. The van der Waals surface area contributed by atoms with Gasteiger partial charge in [-0.1, -0.05) is 12.1 Å². The molecule has 0 aromatic heterocycles. The maximum absolute atomic E-state index is 13.0. The van der Waals surface area contributed by atoms with E-state index >= 15 is 0 Å². The third-order valence-corrected chi connectivity index (χ3v) is 4.36. The Kier molecular flexibility index (Phi) is 7.35. The SMILES string of the molecule is O=C(CSCC(=O)N1CCOCC1)NCCc1cccc(F)c1. The lowest BCUT2D eigenvalue weighted by Crippen LogP contribution is -2.41. The minimum absolute atomic E-state index is 0.0471. The van der Waals surface area contributed by atoms with Gasteiger partial charge in [0.05, 0.1) is 24.7 Å². The van der Waals surface area contributed by atoms with Crippen molar-refractivity contribution in [3.05, 3.63) is 35.6 Å². The van der Waals surface area contributed by atoms with Crippen LogP contribution in [0.15, 0.2) is 24.3 Å². The molecule has 1 aliphatic heterocycles. The van der Waals surface area contributed by atoms with E-state index in [9.17, 15) is 14.0 Å². The van der Waals surface area contributed by atoms with Crippen LogP contribution in [0.3, 0.4) is 0 Å². The summed E-state index contributed by atoms with van der Waals surface area (Å²) in [4.78, 5) is 25.4. The highest BCUT2D eigenvalue weighted by Crippen LogP contribution is 2.06. The molecule has 0 aliphatic carbocycles. The number of thioether (sulfide) groups is 1. The Hall–Kier alpha value is -1.60. The van der Waals surface area contributed by atoms with E-state index in [0.717, 1.165) is 5.56 Å². The van der Waals surface area contributed by atoms with Crippen molar-refractivity contribution in [1.29, 1.82) is 0 Å². The fourth-order valence-electron chi connectivity index (χ4n) is 2.22. The lowest BCUT2D eigenvalue weighted by molar-refractivity contribution is -0.132. The average Bonchev–Trinajstić information content (AvgIpc) is 2.55. The maximum atomic E-state index is 13.0. The third-order valence-electron chi connectivity index (χ3n) is 3.45. The van der Waals surface area contributed by atoms with Crippen molar-refractivity contribution >= 4 is 23.6 Å². The fraction of sp³-hybridized carbons (Fsp3) is 0.500. The molecule has 0 atom stereocenters. The lowest BCUT2D eigenvalue weighted by Gasteiger charge is -2.26. The predicted octanol–water partition coefficient (Wildman–Crippen LogP) is 1.08. The van der Waals surface area contributed by atoms with Crippen LogP contribution in [0.2, 0.25) is 0 Å². The molecule has 0 unspecified atom stereocenters. The van der Waals surface area contributed by atoms with Gasteiger partial charge in [0.15, 0.2) is 0 Å². The van der Waals surface area contributed by atoms with E-state index in [-0.39, 0.29) is 23.4 Å². The number of hydrogen-bond donors (Lipinski definition) is 1. The highest BCUT2D eigenvalue weighted by molar-refractivity contribution is 8.00. The van der Waals surface area contributed by atoms with Gasteiger partial charge >= 0.3 is 0 Å². The first-order valence-electron chi connectivity index (χ1n) is 7.59. The second-order valence-electron chi connectivity index (χ2n) is 5.22. The van der Waals surface area contributed by atoms with Crippen molar-refractivity contribution in [2.75, 3.05) is 44.4 Å². The van der Waals surface area contributed by atoms with E-state index < -0.39 is 0 Å². The first-order valence-corrected chi connectivity index (χ1v) is 8.75. The van der Waals surface area contributed by atoms with E-state index in [1.165, 1.54) is 23.9 Å². The van der Waals surface area contributed by atoms with Crippen LogP contribution in [0.5, 0.6) is 0 Å². The van der Waals surface area contributed by atoms with Crippen molar-refractivity contribution in [1.82, 2.24) is 10.2 Å². The van der Waals surface area contributed by atoms with Gasteiger partial charge in [-0.05, 0) is 24.1 Å². The summed E-state index contributed by atoms with van der Waals surface area (Å²) in [6.07, 6.45) is 0.584. The molecule has 2 rings (SSSR count).